The minimum Gasteiger partial charge on any atom is -0.411 e. The molecule has 0 aliphatic heterocycles. The predicted molar refractivity (Wildman–Crippen MR) is 108 cm³/mol. The third-order valence-corrected chi connectivity index (χ3v) is 5.25. The Hall–Kier alpha value is -3.06. The lowest BCUT2D eigenvalue weighted by Gasteiger charge is -2.08. The number of aryl methyl sites for hydroxylation is 3. The molecule has 4 aromatic rings. The average molecular weight is 389 g/mol. The minimum absolute atomic E-state index is 0.451. The molecule has 7 heteroatoms. The quantitative estimate of drug-likeness (QED) is 0.456. The van der Waals surface area contributed by atoms with Gasteiger partial charge in [0.05, 0.1) is 0 Å². The molecule has 28 heavy (non-hydrogen) atoms. The van der Waals surface area contributed by atoms with Crippen molar-refractivity contribution in [2.24, 2.45) is 0 Å². The molecule has 0 fully saturated rings. The molecular weight excluding hydrogens is 370 g/mol. The van der Waals surface area contributed by atoms with E-state index in [0.29, 0.717) is 16.9 Å². The second-order valence-electron chi connectivity index (χ2n) is 6.66. The molecule has 1 aromatic carbocycles. The van der Waals surface area contributed by atoms with Crippen molar-refractivity contribution in [3.63, 3.8) is 0 Å². The van der Waals surface area contributed by atoms with E-state index in [4.69, 9.17) is 9.40 Å². The van der Waals surface area contributed by atoms with Gasteiger partial charge in [-0.2, -0.15) is 0 Å². The van der Waals surface area contributed by atoms with E-state index in [1.54, 1.807) is 12.4 Å². The Balaban J connectivity index is 1.66. The van der Waals surface area contributed by atoms with Crippen molar-refractivity contribution in [2.45, 2.75) is 37.9 Å². The fourth-order valence-corrected chi connectivity index (χ4v) is 3.68. The van der Waals surface area contributed by atoms with Gasteiger partial charge in [-0.05, 0) is 63.7 Å². The number of rotatable bonds is 4. The Labute approximate surface area is 167 Å². The van der Waals surface area contributed by atoms with E-state index in [-0.39, 0.29) is 0 Å². The molecule has 3 heterocycles. The van der Waals surface area contributed by atoms with Gasteiger partial charge in [-0.3, -0.25) is 4.98 Å². The predicted octanol–water partition coefficient (Wildman–Crippen LogP) is 4.97. The zero-order chi connectivity index (χ0) is 19.7. The van der Waals surface area contributed by atoms with Crippen LogP contribution >= 0.6 is 11.8 Å². The third-order valence-electron chi connectivity index (χ3n) is 4.32. The van der Waals surface area contributed by atoms with Crippen LogP contribution < -0.4 is 0 Å². The molecule has 0 aliphatic rings. The molecule has 0 spiro atoms. The number of hydrogen-bond acceptors (Lipinski definition) is 7. The van der Waals surface area contributed by atoms with Crippen LogP contribution in [-0.4, -0.2) is 25.1 Å². The standard InChI is InChI=1S/C21H19N5OS/c1-12-8-13(2)10-17(9-12)19-25-26-21(27-19)28-20-14(3)15(4)23-18(24-20)16-6-5-7-22-11-16/h5-11H,1-4H3. The molecular formula is C21H19N5OS. The van der Waals surface area contributed by atoms with Crippen LogP contribution in [0, 0.1) is 27.7 Å². The van der Waals surface area contributed by atoms with Crippen LogP contribution in [0.25, 0.3) is 22.8 Å². The van der Waals surface area contributed by atoms with Crippen LogP contribution in [0.1, 0.15) is 22.4 Å². The molecule has 0 N–H and O–H groups in total. The summed E-state index contributed by atoms with van der Waals surface area (Å²) in [7, 11) is 0. The zero-order valence-electron chi connectivity index (χ0n) is 16.1. The average Bonchev–Trinajstić information content (AvgIpc) is 3.14. The fourth-order valence-electron chi connectivity index (χ4n) is 2.87. The summed E-state index contributed by atoms with van der Waals surface area (Å²) in [4.78, 5) is 13.4. The summed E-state index contributed by atoms with van der Waals surface area (Å²) in [5.74, 6) is 1.14. The highest BCUT2D eigenvalue weighted by Crippen LogP contribution is 2.32. The van der Waals surface area contributed by atoms with Crippen molar-refractivity contribution in [3.05, 3.63) is 65.1 Å². The van der Waals surface area contributed by atoms with Gasteiger partial charge in [0.1, 0.15) is 5.03 Å². The van der Waals surface area contributed by atoms with Gasteiger partial charge in [-0.25, -0.2) is 9.97 Å². The van der Waals surface area contributed by atoms with Crippen LogP contribution in [0.4, 0.5) is 0 Å². The van der Waals surface area contributed by atoms with Crippen molar-refractivity contribution in [3.8, 4) is 22.8 Å². The summed E-state index contributed by atoms with van der Waals surface area (Å²) < 4.78 is 5.89. The molecule has 0 saturated carbocycles. The maximum atomic E-state index is 5.89. The van der Waals surface area contributed by atoms with Crippen molar-refractivity contribution in [1.29, 1.82) is 0 Å². The second kappa shape index (κ2) is 7.52. The van der Waals surface area contributed by atoms with Crippen LogP contribution in [0.5, 0.6) is 0 Å². The molecule has 0 unspecified atom stereocenters. The molecule has 0 radical (unpaired) electrons. The Morgan fingerprint density at radius 3 is 2.39 bits per heavy atom. The normalized spacial score (nSPS) is 11.0. The lowest BCUT2D eigenvalue weighted by atomic mass is 10.1. The zero-order valence-corrected chi connectivity index (χ0v) is 16.9. The molecule has 6 nitrogen and oxygen atoms in total. The van der Waals surface area contributed by atoms with Gasteiger partial charge in [0.2, 0.25) is 5.89 Å². The van der Waals surface area contributed by atoms with Gasteiger partial charge in [0.25, 0.3) is 5.22 Å². The van der Waals surface area contributed by atoms with Crippen LogP contribution in [0.3, 0.4) is 0 Å². The smallest absolute Gasteiger partial charge is 0.283 e. The molecule has 0 atom stereocenters. The van der Waals surface area contributed by atoms with E-state index < -0.39 is 0 Å². The highest BCUT2D eigenvalue weighted by atomic mass is 32.2. The van der Waals surface area contributed by atoms with Gasteiger partial charge >= 0.3 is 0 Å². The first-order chi connectivity index (χ1) is 13.5. The molecule has 0 bridgehead atoms. The van der Waals surface area contributed by atoms with E-state index in [1.807, 2.05) is 38.1 Å². The second-order valence-corrected chi connectivity index (χ2v) is 7.60. The van der Waals surface area contributed by atoms with Crippen LogP contribution in [0.2, 0.25) is 0 Å². The van der Waals surface area contributed by atoms with E-state index in [1.165, 1.54) is 11.8 Å². The van der Waals surface area contributed by atoms with Crippen molar-refractivity contribution < 1.29 is 4.42 Å². The Bertz CT molecular complexity index is 1120. The summed E-state index contributed by atoms with van der Waals surface area (Å²) in [5, 5.41) is 9.65. The number of nitrogens with zero attached hydrogens (tertiary/aromatic N) is 5. The summed E-state index contributed by atoms with van der Waals surface area (Å²) in [6.45, 7) is 8.06. The molecule has 140 valence electrons. The van der Waals surface area contributed by atoms with Crippen LogP contribution in [-0.2, 0) is 0 Å². The minimum atomic E-state index is 0.451. The highest BCUT2D eigenvalue weighted by molar-refractivity contribution is 7.99. The molecule has 4 rings (SSSR count). The van der Waals surface area contributed by atoms with Gasteiger partial charge in [-0.15, -0.1) is 10.2 Å². The summed E-state index contributed by atoms with van der Waals surface area (Å²) in [6, 6.07) is 10.00. The lowest BCUT2D eigenvalue weighted by molar-refractivity contribution is 0.465. The van der Waals surface area contributed by atoms with E-state index >= 15 is 0 Å². The highest BCUT2D eigenvalue weighted by Gasteiger charge is 2.16. The van der Waals surface area contributed by atoms with Crippen molar-refractivity contribution in [1.82, 2.24) is 25.1 Å². The first kappa shape index (κ1) is 18.3. The maximum absolute atomic E-state index is 5.89. The summed E-state index contributed by atoms with van der Waals surface area (Å²) in [5.41, 5.74) is 6.00. The third kappa shape index (κ3) is 3.80. The lowest BCUT2D eigenvalue weighted by Crippen LogP contribution is -1.98. The Morgan fingerprint density at radius 1 is 0.893 bits per heavy atom. The summed E-state index contributed by atoms with van der Waals surface area (Å²) in [6.07, 6.45) is 3.48. The maximum Gasteiger partial charge on any atom is 0.283 e. The van der Waals surface area contributed by atoms with Gasteiger partial charge in [-0.1, -0.05) is 17.2 Å². The van der Waals surface area contributed by atoms with Gasteiger partial charge < -0.3 is 4.42 Å². The summed E-state index contributed by atoms with van der Waals surface area (Å²) >= 11 is 1.35. The van der Waals surface area contributed by atoms with Crippen LogP contribution in [0.15, 0.2) is 57.4 Å². The molecule has 3 aromatic heterocycles. The number of aromatic nitrogens is 5. The number of benzene rings is 1. The fraction of sp³-hybridized carbons (Fsp3) is 0.190. The van der Waals surface area contributed by atoms with E-state index in [2.05, 4.69) is 40.1 Å². The number of pyridine rings is 1. The van der Waals surface area contributed by atoms with Gasteiger partial charge in [0.15, 0.2) is 5.82 Å². The first-order valence-corrected chi connectivity index (χ1v) is 9.67. The van der Waals surface area contributed by atoms with Crippen molar-refractivity contribution in [2.75, 3.05) is 0 Å². The van der Waals surface area contributed by atoms with E-state index in [0.717, 1.165) is 38.5 Å². The largest absolute Gasteiger partial charge is 0.411 e. The molecule has 0 saturated heterocycles. The Kier molecular flexibility index (Phi) is 4.92. The van der Waals surface area contributed by atoms with E-state index in [9.17, 15) is 0 Å². The SMILES string of the molecule is Cc1cc(C)cc(-c2nnc(Sc3nc(-c4cccnc4)nc(C)c3C)o2)c1. The Morgan fingerprint density at radius 2 is 1.68 bits per heavy atom. The monoisotopic (exact) mass is 389 g/mol. The topological polar surface area (TPSA) is 77.6 Å². The van der Waals surface area contributed by atoms with Gasteiger partial charge in [0, 0.05) is 34.8 Å². The first-order valence-electron chi connectivity index (χ1n) is 8.85. The molecule has 0 aliphatic carbocycles. The van der Waals surface area contributed by atoms with Crippen molar-refractivity contribution >= 4 is 11.8 Å². The number of hydrogen-bond donors (Lipinski definition) is 0. The molecule has 0 amide bonds.